The molecule has 0 saturated carbocycles. The molecule has 0 aromatic heterocycles. The van der Waals surface area contributed by atoms with E-state index in [0.717, 1.165) is 11.1 Å². The van der Waals surface area contributed by atoms with Gasteiger partial charge in [-0.2, -0.15) is 0 Å². The predicted molar refractivity (Wildman–Crippen MR) is 94.5 cm³/mol. The Balaban J connectivity index is 1.56. The van der Waals surface area contributed by atoms with Crippen LogP contribution in [0.3, 0.4) is 0 Å². The summed E-state index contributed by atoms with van der Waals surface area (Å²) in [6.45, 7) is 0. The number of aromatic hydroxyl groups is 2. The number of carbonyl (C=O) groups is 1. The minimum Gasteiger partial charge on any atom is -0.508 e. The molecule has 1 unspecified atom stereocenters. The maximum Gasteiger partial charge on any atom is 0.274 e. The average molecular weight is 333 g/mol. The Morgan fingerprint density at radius 1 is 0.960 bits per heavy atom. The van der Waals surface area contributed by atoms with Crippen molar-refractivity contribution in [1.29, 1.82) is 0 Å². The first-order valence-electron chi connectivity index (χ1n) is 7.83. The van der Waals surface area contributed by atoms with Gasteiger partial charge in [0.15, 0.2) is 6.17 Å². The lowest BCUT2D eigenvalue weighted by Crippen LogP contribution is -2.34. The van der Waals surface area contributed by atoms with Crippen LogP contribution in [0.1, 0.15) is 11.1 Å². The molecular formula is C19H15N3O3. The van der Waals surface area contributed by atoms with E-state index >= 15 is 0 Å². The molecule has 4 rings (SSSR count). The van der Waals surface area contributed by atoms with Crippen molar-refractivity contribution in [2.75, 3.05) is 0 Å². The Bertz CT molecular complexity index is 912. The Kier molecular flexibility index (Phi) is 3.57. The maximum absolute atomic E-state index is 12.6. The SMILES string of the molecule is O=C1C(Cc2ccc(O)cc2)=NC2C=NC(c3ccc(O)cc3)=CN12. The van der Waals surface area contributed by atoms with E-state index in [2.05, 4.69) is 9.98 Å². The molecule has 0 radical (unpaired) electrons. The molecule has 2 aliphatic heterocycles. The smallest absolute Gasteiger partial charge is 0.274 e. The number of phenols is 2. The number of fused-ring (bicyclic) bond motifs is 1. The van der Waals surface area contributed by atoms with Gasteiger partial charge in [-0.25, -0.2) is 0 Å². The molecule has 1 amide bonds. The first-order valence-corrected chi connectivity index (χ1v) is 7.83. The molecule has 124 valence electrons. The van der Waals surface area contributed by atoms with Gasteiger partial charge in [0.25, 0.3) is 5.91 Å². The monoisotopic (exact) mass is 333 g/mol. The van der Waals surface area contributed by atoms with Crippen LogP contribution < -0.4 is 0 Å². The second kappa shape index (κ2) is 5.90. The number of rotatable bonds is 3. The van der Waals surface area contributed by atoms with Crippen LogP contribution in [-0.4, -0.2) is 39.1 Å². The lowest BCUT2D eigenvalue weighted by atomic mass is 10.1. The van der Waals surface area contributed by atoms with Crippen molar-refractivity contribution in [1.82, 2.24) is 4.90 Å². The molecule has 2 heterocycles. The highest BCUT2D eigenvalue weighted by atomic mass is 16.3. The minimum atomic E-state index is -0.416. The summed E-state index contributed by atoms with van der Waals surface area (Å²) in [5, 5.41) is 18.7. The molecule has 1 atom stereocenters. The molecule has 2 aromatic rings. The van der Waals surface area contributed by atoms with Crippen molar-refractivity contribution in [3.05, 3.63) is 65.9 Å². The van der Waals surface area contributed by atoms with Crippen LogP contribution in [0, 0.1) is 0 Å². The standard InChI is InChI=1S/C19H15N3O3/c23-14-5-1-12(2-6-14)9-16-19(25)22-11-17(20-10-18(22)21-16)13-3-7-15(24)8-4-13/h1-8,10-11,18,23-24H,9H2. The molecule has 2 aromatic carbocycles. The molecule has 0 fully saturated rings. The first-order chi connectivity index (χ1) is 12.1. The fraction of sp³-hybridized carbons (Fsp3) is 0.105. The van der Waals surface area contributed by atoms with Gasteiger partial charge in [0, 0.05) is 18.2 Å². The van der Waals surface area contributed by atoms with Crippen molar-refractivity contribution in [2.24, 2.45) is 9.98 Å². The third kappa shape index (κ3) is 2.89. The zero-order valence-electron chi connectivity index (χ0n) is 13.2. The van der Waals surface area contributed by atoms with Gasteiger partial charge < -0.3 is 10.2 Å². The van der Waals surface area contributed by atoms with E-state index in [1.807, 2.05) is 0 Å². The normalized spacial score (nSPS) is 18.8. The number of hydrogen-bond donors (Lipinski definition) is 2. The van der Waals surface area contributed by atoms with Crippen LogP contribution in [0.5, 0.6) is 11.5 Å². The second-order valence-electron chi connectivity index (χ2n) is 5.88. The van der Waals surface area contributed by atoms with E-state index in [9.17, 15) is 15.0 Å². The van der Waals surface area contributed by atoms with Crippen molar-refractivity contribution in [3.63, 3.8) is 0 Å². The van der Waals surface area contributed by atoms with Gasteiger partial charge in [-0.1, -0.05) is 12.1 Å². The van der Waals surface area contributed by atoms with E-state index in [0.29, 0.717) is 17.8 Å². The van der Waals surface area contributed by atoms with Gasteiger partial charge in [0.05, 0.1) is 11.9 Å². The van der Waals surface area contributed by atoms with Crippen LogP contribution in [0.2, 0.25) is 0 Å². The Morgan fingerprint density at radius 2 is 1.60 bits per heavy atom. The average Bonchev–Trinajstić information content (AvgIpc) is 2.93. The van der Waals surface area contributed by atoms with Crippen molar-refractivity contribution < 1.29 is 15.0 Å². The Hall–Kier alpha value is -3.41. The molecule has 2 N–H and O–H groups in total. The molecule has 25 heavy (non-hydrogen) atoms. The number of amides is 1. The minimum absolute atomic E-state index is 0.152. The highest BCUT2D eigenvalue weighted by Gasteiger charge is 2.34. The predicted octanol–water partition coefficient (Wildman–Crippen LogP) is 2.33. The van der Waals surface area contributed by atoms with Gasteiger partial charge in [-0.15, -0.1) is 0 Å². The maximum atomic E-state index is 12.6. The summed E-state index contributed by atoms with van der Waals surface area (Å²) in [5.41, 5.74) is 2.83. The molecule has 0 aliphatic carbocycles. The van der Waals surface area contributed by atoms with E-state index in [-0.39, 0.29) is 17.4 Å². The molecular weight excluding hydrogens is 318 g/mol. The highest BCUT2D eigenvalue weighted by molar-refractivity contribution is 6.41. The van der Waals surface area contributed by atoms with Crippen LogP contribution in [-0.2, 0) is 11.2 Å². The fourth-order valence-electron chi connectivity index (χ4n) is 2.81. The topological polar surface area (TPSA) is 85.5 Å². The largest absolute Gasteiger partial charge is 0.508 e. The molecule has 2 aliphatic rings. The summed E-state index contributed by atoms with van der Waals surface area (Å²) >= 11 is 0. The van der Waals surface area contributed by atoms with Crippen LogP contribution in [0.15, 0.2) is 64.7 Å². The summed E-state index contributed by atoms with van der Waals surface area (Å²) in [6.07, 6.45) is 3.32. The summed E-state index contributed by atoms with van der Waals surface area (Å²) in [5.74, 6) is 0.216. The van der Waals surface area contributed by atoms with E-state index in [4.69, 9.17) is 0 Å². The number of nitrogens with zero attached hydrogens (tertiary/aromatic N) is 3. The fourth-order valence-corrected chi connectivity index (χ4v) is 2.81. The number of benzene rings is 2. The van der Waals surface area contributed by atoms with E-state index < -0.39 is 6.17 Å². The van der Waals surface area contributed by atoms with Crippen LogP contribution in [0.4, 0.5) is 0 Å². The number of phenolic OH excluding ortho intramolecular Hbond substituents is 2. The van der Waals surface area contributed by atoms with Gasteiger partial charge in [0.1, 0.15) is 17.2 Å². The van der Waals surface area contributed by atoms with Crippen LogP contribution in [0.25, 0.3) is 5.70 Å². The van der Waals surface area contributed by atoms with E-state index in [1.54, 1.807) is 65.8 Å². The Morgan fingerprint density at radius 3 is 2.28 bits per heavy atom. The lowest BCUT2D eigenvalue weighted by molar-refractivity contribution is -0.121. The summed E-state index contributed by atoms with van der Waals surface area (Å²) < 4.78 is 0. The highest BCUT2D eigenvalue weighted by Crippen LogP contribution is 2.26. The third-order valence-corrected chi connectivity index (χ3v) is 4.13. The summed E-state index contributed by atoms with van der Waals surface area (Å²) in [6, 6.07) is 13.4. The van der Waals surface area contributed by atoms with Gasteiger partial charge in [-0.05, 0) is 42.0 Å². The number of hydrogen-bond acceptors (Lipinski definition) is 5. The lowest BCUT2D eigenvalue weighted by Gasteiger charge is -2.21. The van der Waals surface area contributed by atoms with E-state index in [1.165, 1.54) is 0 Å². The molecule has 0 bridgehead atoms. The summed E-state index contributed by atoms with van der Waals surface area (Å²) in [7, 11) is 0. The molecule has 0 spiro atoms. The number of aliphatic imine (C=N–C) groups is 2. The van der Waals surface area contributed by atoms with Crippen molar-refractivity contribution >= 4 is 23.5 Å². The zero-order chi connectivity index (χ0) is 17.4. The van der Waals surface area contributed by atoms with Gasteiger partial charge >= 0.3 is 0 Å². The Labute approximate surface area is 144 Å². The zero-order valence-corrected chi connectivity index (χ0v) is 13.2. The molecule has 0 saturated heterocycles. The quantitative estimate of drug-likeness (QED) is 0.904. The van der Waals surface area contributed by atoms with Gasteiger partial charge in [0.2, 0.25) is 0 Å². The van der Waals surface area contributed by atoms with Crippen molar-refractivity contribution in [2.45, 2.75) is 12.6 Å². The first kappa shape index (κ1) is 15.1. The number of carbonyl (C=O) groups excluding carboxylic acids is 1. The van der Waals surface area contributed by atoms with Gasteiger partial charge in [-0.3, -0.25) is 19.7 Å². The van der Waals surface area contributed by atoms with Crippen molar-refractivity contribution in [3.8, 4) is 11.5 Å². The second-order valence-corrected chi connectivity index (χ2v) is 5.88. The molecule has 6 heteroatoms. The summed E-state index contributed by atoms with van der Waals surface area (Å²) in [4.78, 5) is 23.0. The molecule has 6 nitrogen and oxygen atoms in total. The third-order valence-electron chi connectivity index (χ3n) is 4.13. The van der Waals surface area contributed by atoms with Crippen LogP contribution >= 0.6 is 0 Å².